The molecule has 0 aliphatic carbocycles. The molecule has 1 fully saturated rings. The number of thiazole rings is 1. The van der Waals surface area contributed by atoms with Crippen LogP contribution in [0, 0.1) is 17.6 Å². The van der Waals surface area contributed by atoms with Gasteiger partial charge in [0, 0.05) is 49.3 Å². The van der Waals surface area contributed by atoms with Crippen LogP contribution in [0.25, 0.3) is 10.6 Å². The van der Waals surface area contributed by atoms with Gasteiger partial charge in [-0.05, 0) is 18.6 Å². The molecule has 1 saturated heterocycles. The number of alkyl halides is 3. The van der Waals surface area contributed by atoms with E-state index in [0.717, 1.165) is 23.5 Å². The number of benzene rings is 1. The average Bonchev–Trinajstić information content (AvgIpc) is 3.44. The Bertz CT molecular complexity index is 1340. The summed E-state index contributed by atoms with van der Waals surface area (Å²) in [5, 5.41) is -0.119. The zero-order chi connectivity index (χ0) is 26.5. The first-order chi connectivity index (χ1) is 17.5. The highest BCUT2D eigenvalue weighted by Gasteiger charge is 2.45. The molecule has 0 radical (unpaired) electrons. The van der Waals surface area contributed by atoms with E-state index < -0.39 is 41.1 Å². The van der Waals surface area contributed by atoms with Crippen molar-refractivity contribution in [3.05, 3.63) is 52.9 Å². The molecule has 0 saturated carbocycles. The number of carbonyl (C=O) groups is 1. The highest BCUT2D eigenvalue weighted by Crippen LogP contribution is 2.41. The molecule has 1 aromatic carbocycles. The molecule has 37 heavy (non-hydrogen) atoms. The van der Waals surface area contributed by atoms with E-state index in [9.17, 15) is 26.7 Å². The van der Waals surface area contributed by atoms with Crippen LogP contribution < -0.4 is 21.1 Å². The van der Waals surface area contributed by atoms with Gasteiger partial charge in [-0.15, -0.1) is 0 Å². The number of anilines is 2. The number of Topliss-reactive ketones (excluding diaryl/α,β-unsaturated/α-hetero) is 1. The average molecular weight is 540 g/mol. The number of halogens is 5. The predicted octanol–water partition coefficient (Wildman–Crippen LogP) is 4.14. The summed E-state index contributed by atoms with van der Waals surface area (Å²) in [5.41, 5.74) is 12.8. The fourth-order valence-electron chi connectivity index (χ4n) is 4.85. The summed E-state index contributed by atoms with van der Waals surface area (Å²) in [7, 11) is 0. The zero-order valence-electron chi connectivity index (χ0n) is 19.3. The maximum Gasteiger partial charge on any atom is 0.393 e. The van der Waals surface area contributed by atoms with Crippen molar-refractivity contribution in [1.29, 1.82) is 0 Å². The second-order valence-corrected chi connectivity index (χ2v) is 10.1. The summed E-state index contributed by atoms with van der Waals surface area (Å²) in [6, 6.07) is 2.63. The Morgan fingerprint density at radius 1 is 1.22 bits per heavy atom. The molecule has 0 bridgehead atoms. The minimum atomic E-state index is -4.42. The van der Waals surface area contributed by atoms with Crippen LogP contribution in [-0.4, -0.2) is 47.7 Å². The second-order valence-electron chi connectivity index (χ2n) is 9.08. The van der Waals surface area contributed by atoms with Gasteiger partial charge in [0.15, 0.2) is 5.78 Å². The SMILES string of the molecule is Nc1sc(-c2c(F)cccc2F)nc1C(=O)Cc1cnc2c(c1N1C[C@@H](N)C[C@@H](C(F)(F)F)C1)CCO2. The molecule has 3 aromatic rings. The lowest BCUT2D eigenvalue weighted by atomic mass is 9.92. The molecule has 0 amide bonds. The van der Waals surface area contributed by atoms with Crippen LogP contribution in [-0.2, 0) is 12.8 Å². The molecule has 13 heteroatoms. The van der Waals surface area contributed by atoms with Crippen molar-refractivity contribution in [2.24, 2.45) is 11.7 Å². The minimum absolute atomic E-state index is 0.0289. The van der Waals surface area contributed by atoms with Gasteiger partial charge in [0.25, 0.3) is 0 Å². The third-order valence-corrected chi connectivity index (χ3v) is 7.39. The van der Waals surface area contributed by atoms with Crippen LogP contribution in [0.15, 0.2) is 24.4 Å². The molecule has 2 aliphatic rings. The summed E-state index contributed by atoms with van der Waals surface area (Å²) in [6.45, 7) is 0.163. The number of rotatable bonds is 5. The van der Waals surface area contributed by atoms with Gasteiger partial charge in [0.1, 0.15) is 27.3 Å². The lowest BCUT2D eigenvalue weighted by molar-refractivity contribution is -0.177. The summed E-state index contributed by atoms with van der Waals surface area (Å²) < 4.78 is 74.8. The molecule has 2 atom stereocenters. The molecular formula is C24H22F5N5O2S. The topological polar surface area (TPSA) is 107 Å². The number of carbonyl (C=O) groups excluding carboxylic acids is 1. The smallest absolute Gasteiger partial charge is 0.393 e. The van der Waals surface area contributed by atoms with Crippen LogP contribution in [0.3, 0.4) is 0 Å². The lowest BCUT2D eigenvalue weighted by Crippen LogP contribution is -2.51. The first-order valence-corrected chi connectivity index (χ1v) is 12.3. The van der Waals surface area contributed by atoms with Crippen LogP contribution in [0.1, 0.15) is 28.0 Å². The van der Waals surface area contributed by atoms with Crippen molar-refractivity contribution in [2.75, 3.05) is 30.3 Å². The van der Waals surface area contributed by atoms with Crippen LogP contribution in [0.5, 0.6) is 5.88 Å². The number of aromatic nitrogens is 2. The van der Waals surface area contributed by atoms with Crippen LogP contribution in [0.4, 0.5) is 32.6 Å². The highest BCUT2D eigenvalue weighted by atomic mass is 32.1. The maximum absolute atomic E-state index is 14.2. The van der Waals surface area contributed by atoms with E-state index in [-0.39, 0.29) is 41.6 Å². The van der Waals surface area contributed by atoms with Crippen LogP contribution >= 0.6 is 11.3 Å². The Morgan fingerprint density at radius 3 is 2.65 bits per heavy atom. The van der Waals surface area contributed by atoms with Crippen LogP contribution in [0.2, 0.25) is 0 Å². The van der Waals surface area contributed by atoms with E-state index in [2.05, 4.69) is 9.97 Å². The number of nitrogens with two attached hydrogens (primary N) is 2. The predicted molar refractivity (Wildman–Crippen MR) is 128 cm³/mol. The van der Waals surface area contributed by atoms with E-state index in [0.29, 0.717) is 35.7 Å². The molecule has 5 rings (SSSR count). The number of pyridine rings is 1. The molecule has 0 unspecified atom stereocenters. The standard InChI is InChI=1S/C24H22F5N5O2S/c25-15-2-1-3-16(26)18(15)23-33-19(21(31)37-23)17(35)6-11-8-32-22-14(4-5-36-22)20(11)34-9-12(24(27,28)29)7-13(30)10-34/h1-3,8,12-13H,4-7,9-10,30-31H2/t12-,13+/m1/s1. The summed E-state index contributed by atoms with van der Waals surface area (Å²) >= 11 is 0.769. The van der Waals surface area contributed by atoms with Crippen molar-refractivity contribution >= 4 is 27.8 Å². The molecule has 4 heterocycles. The molecule has 2 aliphatic heterocycles. The van der Waals surface area contributed by atoms with Gasteiger partial charge in [-0.3, -0.25) is 4.79 Å². The third kappa shape index (κ3) is 4.85. The number of piperidine rings is 1. The fourth-order valence-corrected chi connectivity index (χ4v) is 5.75. The Kier molecular flexibility index (Phi) is 6.52. The van der Waals surface area contributed by atoms with E-state index in [4.69, 9.17) is 16.2 Å². The molecular weight excluding hydrogens is 517 g/mol. The highest BCUT2D eigenvalue weighted by molar-refractivity contribution is 7.19. The first-order valence-electron chi connectivity index (χ1n) is 11.5. The Labute approximate surface area is 212 Å². The van der Waals surface area contributed by atoms with E-state index in [1.165, 1.54) is 12.3 Å². The zero-order valence-corrected chi connectivity index (χ0v) is 20.1. The molecule has 4 N–H and O–H groups in total. The third-order valence-electron chi connectivity index (χ3n) is 6.48. The number of hydrogen-bond donors (Lipinski definition) is 2. The number of fused-ring (bicyclic) bond motifs is 1. The largest absolute Gasteiger partial charge is 0.477 e. The van der Waals surface area contributed by atoms with E-state index in [1.54, 1.807) is 4.90 Å². The van der Waals surface area contributed by atoms with Gasteiger partial charge in [-0.2, -0.15) is 13.2 Å². The van der Waals surface area contributed by atoms with Gasteiger partial charge in [-0.25, -0.2) is 18.7 Å². The first kappa shape index (κ1) is 25.3. The molecule has 0 spiro atoms. The number of nitrogens with zero attached hydrogens (tertiary/aromatic N) is 3. The van der Waals surface area contributed by atoms with Gasteiger partial charge in [0.05, 0.1) is 23.8 Å². The van der Waals surface area contributed by atoms with Crippen molar-refractivity contribution in [2.45, 2.75) is 31.5 Å². The molecule has 7 nitrogen and oxygen atoms in total. The fraction of sp³-hybridized carbons (Fsp3) is 0.375. The monoisotopic (exact) mass is 539 g/mol. The number of nitrogen functional groups attached to an aromatic ring is 1. The van der Waals surface area contributed by atoms with E-state index in [1.807, 2.05) is 0 Å². The Hall–Kier alpha value is -3.32. The summed E-state index contributed by atoms with van der Waals surface area (Å²) in [4.78, 5) is 23.2. The quantitative estimate of drug-likeness (QED) is 0.371. The second kappa shape index (κ2) is 9.53. The van der Waals surface area contributed by atoms with Gasteiger partial charge in [0.2, 0.25) is 5.88 Å². The molecule has 196 valence electrons. The van der Waals surface area contributed by atoms with Crippen molar-refractivity contribution < 1.29 is 31.5 Å². The van der Waals surface area contributed by atoms with E-state index >= 15 is 0 Å². The normalized spacial score (nSPS) is 19.6. The Balaban J connectivity index is 1.49. The summed E-state index contributed by atoms with van der Waals surface area (Å²) in [5.74, 6) is -3.58. The van der Waals surface area contributed by atoms with Crippen molar-refractivity contribution in [3.63, 3.8) is 0 Å². The minimum Gasteiger partial charge on any atom is -0.477 e. The number of ether oxygens (including phenoxy) is 1. The van der Waals surface area contributed by atoms with Gasteiger partial charge in [-0.1, -0.05) is 17.4 Å². The summed E-state index contributed by atoms with van der Waals surface area (Å²) in [6.07, 6.45) is -3.10. The number of hydrogen-bond acceptors (Lipinski definition) is 8. The van der Waals surface area contributed by atoms with Gasteiger partial charge < -0.3 is 21.1 Å². The maximum atomic E-state index is 14.2. The molecule has 2 aromatic heterocycles. The lowest BCUT2D eigenvalue weighted by Gasteiger charge is -2.39. The van der Waals surface area contributed by atoms with Crippen molar-refractivity contribution in [3.8, 4) is 16.5 Å². The number of ketones is 1. The van der Waals surface area contributed by atoms with Crippen molar-refractivity contribution in [1.82, 2.24) is 9.97 Å². The van der Waals surface area contributed by atoms with Gasteiger partial charge >= 0.3 is 6.18 Å². The Morgan fingerprint density at radius 2 is 1.95 bits per heavy atom.